The Bertz CT molecular complexity index is 407. The average molecular weight is 262 g/mol. The monoisotopic (exact) mass is 262 g/mol. The highest BCUT2D eigenvalue weighted by Gasteiger charge is 2.28. The van der Waals surface area contributed by atoms with Crippen LogP contribution in [0.25, 0.3) is 0 Å². The summed E-state index contributed by atoms with van der Waals surface area (Å²) >= 11 is 0. The zero-order chi connectivity index (χ0) is 13.8. The van der Waals surface area contributed by atoms with Crippen LogP contribution < -0.4 is 10.6 Å². The highest BCUT2D eigenvalue weighted by Crippen LogP contribution is 2.31. The fraction of sp³-hybridized carbons (Fsp3) is 0.625. The molecule has 0 radical (unpaired) electrons. The molecule has 1 aromatic rings. The van der Waals surface area contributed by atoms with Crippen molar-refractivity contribution in [2.75, 3.05) is 11.9 Å². The molecule has 0 saturated heterocycles. The number of rotatable bonds is 4. The maximum absolute atomic E-state index is 10.2. The second kappa shape index (κ2) is 6.40. The Morgan fingerprint density at radius 3 is 2.68 bits per heavy atom. The molecular weight excluding hydrogens is 236 g/mol. The number of aliphatic hydroxyl groups excluding tert-OH is 1. The summed E-state index contributed by atoms with van der Waals surface area (Å²) in [5, 5.41) is 10.2. The van der Waals surface area contributed by atoms with Gasteiger partial charge in [0.1, 0.15) is 0 Å². The summed E-state index contributed by atoms with van der Waals surface area (Å²) in [4.78, 5) is 2.23. The number of hydrogen-bond donors (Lipinski definition) is 2. The first-order valence-corrected chi connectivity index (χ1v) is 7.40. The third kappa shape index (κ3) is 3.10. The van der Waals surface area contributed by atoms with Crippen LogP contribution in [-0.4, -0.2) is 24.3 Å². The zero-order valence-electron chi connectivity index (χ0n) is 12.0. The van der Waals surface area contributed by atoms with Crippen molar-refractivity contribution in [2.45, 2.75) is 57.2 Å². The number of benzene rings is 1. The van der Waals surface area contributed by atoms with E-state index in [0.717, 1.165) is 25.7 Å². The van der Waals surface area contributed by atoms with E-state index >= 15 is 0 Å². The number of para-hydroxylation sites is 1. The first-order valence-electron chi connectivity index (χ1n) is 7.40. The molecule has 3 nitrogen and oxygen atoms in total. The second-order valence-corrected chi connectivity index (χ2v) is 5.60. The smallest absolute Gasteiger partial charge is 0.0743 e. The lowest BCUT2D eigenvalue weighted by Gasteiger charge is -2.38. The number of likely N-dealkylation sites (N-methyl/N-ethyl adjacent to an activating group) is 1. The molecule has 1 aliphatic carbocycles. The van der Waals surface area contributed by atoms with Gasteiger partial charge in [0.25, 0.3) is 0 Å². The van der Waals surface area contributed by atoms with E-state index in [2.05, 4.69) is 31.0 Å². The fourth-order valence-electron chi connectivity index (χ4n) is 3.06. The molecule has 0 spiro atoms. The number of anilines is 1. The van der Waals surface area contributed by atoms with Crippen molar-refractivity contribution in [3.8, 4) is 0 Å². The van der Waals surface area contributed by atoms with Crippen molar-refractivity contribution < 1.29 is 5.11 Å². The molecule has 0 amide bonds. The van der Waals surface area contributed by atoms with E-state index in [1.165, 1.54) is 17.7 Å². The van der Waals surface area contributed by atoms with Crippen LogP contribution in [-0.2, 0) is 0 Å². The summed E-state index contributed by atoms with van der Waals surface area (Å²) in [6, 6.07) is 8.60. The molecule has 1 saturated carbocycles. The summed E-state index contributed by atoms with van der Waals surface area (Å²) in [5.74, 6) is 0. The van der Waals surface area contributed by atoms with Gasteiger partial charge in [-0.2, -0.15) is 0 Å². The van der Waals surface area contributed by atoms with Crippen molar-refractivity contribution in [3.63, 3.8) is 0 Å². The van der Waals surface area contributed by atoms with Gasteiger partial charge in [-0.15, -0.1) is 0 Å². The zero-order valence-corrected chi connectivity index (χ0v) is 12.0. The lowest BCUT2D eigenvalue weighted by molar-refractivity contribution is 0.106. The van der Waals surface area contributed by atoms with E-state index in [1.807, 2.05) is 12.1 Å². The van der Waals surface area contributed by atoms with Gasteiger partial charge in [-0.1, -0.05) is 38.0 Å². The molecule has 3 heteroatoms. The number of nitrogens with zero attached hydrogens (tertiary/aromatic N) is 1. The fourth-order valence-corrected chi connectivity index (χ4v) is 3.06. The van der Waals surface area contributed by atoms with E-state index in [9.17, 15) is 5.11 Å². The summed E-state index contributed by atoms with van der Waals surface area (Å²) < 4.78 is 0. The van der Waals surface area contributed by atoms with Gasteiger partial charge in [0, 0.05) is 18.8 Å². The minimum Gasteiger partial charge on any atom is -0.391 e. The number of aliphatic hydroxyl groups is 1. The molecule has 2 rings (SSSR count). The standard InChI is InChI=1S/C16H26N2O/c1-3-13(17)12-8-4-5-9-14(12)18(2)15-10-6-7-11-16(15)19/h4-5,8-9,13,15-16,19H,3,6-7,10-11,17H2,1-2H3/t13-,15?,16?/m1/s1. The highest BCUT2D eigenvalue weighted by molar-refractivity contribution is 5.55. The number of hydrogen-bond acceptors (Lipinski definition) is 3. The van der Waals surface area contributed by atoms with Crippen molar-refractivity contribution in [2.24, 2.45) is 5.73 Å². The second-order valence-electron chi connectivity index (χ2n) is 5.60. The van der Waals surface area contributed by atoms with Crippen molar-refractivity contribution in [1.29, 1.82) is 0 Å². The van der Waals surface area contributed by atoms with E-state index in [4.69, 9.17) is 5.73 Å². The summed E-state index contributed by atoms with van der Waals surface area (Å²) in [5.41, 5.74) is 8.56. The topological polar surface area (TPSA) is 49.5 Å². The van der Waals surface area contributed by atoms with Crippen LogP contribution in [0.3, 0.4) is 0 Å². The number of nitrogens with two attached hydrogens (primary N) is 1. The van der Waals surface area contributed by atoms with Crippen LogP contribution in [0.4, 0.5) is 5.69 Å². The highest BCUT2D eigenvalue weighted by atomic mass is 16.3. The predicted octanol–water partition coefficient (Wildman–Crippen LogP) is 2.84. The van der Waals surface area contributed by atoms with Crippen LogP contribution in [0.15, 0.2) is 24.3 Å². The van der Waals surface area contributed by atoms with Gasteiger partial charge in [0.2, 0.25) is 0 Å². The van der Waals surface area contributed by atoms with E-state index in [0.29, 0.717) is 0 Å². The molecule has 19 heavy (non-hydrogen) atoms. The Kier molecular flexibility index (Phi) is 4.83. The maximum Gasteiger partial charge on any atom is 0.0743 e. The molecule has 1 fully saturated rings. The maximum atomic E-state index is 10.2. The predicted molar refractivity (Wildman–Crippen MR) is 80.3 cm³/mol. The van der Waals surface area contributed by atoms with Gasteiger partial charge in [-0.3, -0.25) is 0 Å². The van der Waals surface area contributed by atoms with Crippen LogP contribution in [0.2, 0.25) is 0 Å². The average Bonchev–Trinajstić information content (AvgIpc) is 2.46. The van der Waals surface area contributed by atoms with Gasteiger partial charge in [-0.25, -0.2) is 0 Å². The van der Waals surface area contributed by atoms with E-state index in [-0.39, 0.29) is 18.2 Å². The molecular formula is C16H26N2O. The van der Waals surface area contributed by atoms with Crippen LogP contribution in [0.1, 0.15) is 50.6 Å². The summed E-state index contributed by atoms with van der Waals surface area (Å²) in [7, 11) is 2.08. The molecule has 2 unspecified atom stereocenters. The molecule has 3 atom stereocenters. The lowest BCUT2D eigenvalue weighted by Crippen LogP contribution is -2.44. The van der Waals surface area contributed by atoms with Crippen LogP contribution >= 0.6 is 0 Å². The Balaban J connectivity index is 2.25. The quantitative estimate of drug-likeness (QED) is 0.877. The largest absolute Gasteiger partial charge is 0.391 e. The molecule has 0 aliphatic heterocycles. The molecule has 106 valence electrons. The lowest BCUT2D eigenvalue weighted by atomic mass is 9.90. The summed E-state index contributed by atoms with van der Waals surface area (Å²) in [6.07, 6.45) is 5.03. The Hall–Kier alpha value is -1.06. The first-order chi connectivity index (χ1) is 9.15. The normalized spacial score (nSPS) is 25.1. The van der Waals surface area contributed by atoms with E-state index in [1.54, 1.807) is 0 Å². The molecule has 1 aliphatic rings. The third-order valence-electron chi connectivity index (χ3n) is 4.35. The third-order valence-corrected chi connectivity index (χ3v) is 4.35. The van der Waals surface area contributed by atoms with Crippen molar-refractivity contribution in [1.82, 2.24) is 0 Å². The van der Waals surface area contributed by atoms with Gasteiger partial charge < -0.3 is 15.7 Å². The van der Waals surface area contributed by atoms with Crippen LogP contribution in [0, 0.1) is 0 Å². The molecule has 3 N–H and O–H groups in total. The van der Waals surface area contributed by atoms with E-state index < -0.39 is 0 Å². The van der Waals surface area contributed by atoms with Gasteiger partial charge in [0.05, 0.1) is 12.1 Å². The molecule has 0 heterocycles. The Morgan fingerprint density at radius 1 is 1.32 bits per heavy atom. The molecule has 1 aromatic carbocycles. The first kappa shape index (κ1) is 14.4. The van der Waals surface area contributed by atoms with Gasteiger partial charge >= 0.3 is 0 Å². The van der Waals surface area contributed by atoms with Gasteiger partial charge in [0.15, 0.2) is 0 Å². The SMILES string of the molecule is CC[C@@H](N)c1ccccc1N(C)C1CCCCC1O. The Labute approximate surface area is 116 Å². The Morgan fingerprint density at radius 2 is 2.00 bits per heavy atom. The molecule has 0 aromatic heterocycles. The van der Waals surface area contributed by atoms with Crippen molar-refractivity contribution in [3.05, 3.63) is 29.8 Å². The minimum absolute atomic E-state index is 0.0689. The molecule has 0 bridgehead atoms. The van der Waals surface area contributed by atoms with Gasteiger partial charge in [-0.05, 0) is 30.9 Å². The summed E-state index contributed by atoms with van der Waals surface area (Å²) in [6.45, 7) is 2.11. The van der Waals surface area contributed by atoms with Crippen molar-refractivity contribution >= 4 is 5.69 Å². The van der Waals surface area contributed by atoms with Crippen LogP contribution in [0.5, 0.6) is 0 Å². The minimum atomic E-state index is -0.218.